The van der Waals surface area contributed by atoms with Crippen LogP contribution in [0.2, 0.25) is 10.0 Å². The molecule has 0 aliphatic carbocycles. The van der Waals surface area contributed by atoms with Gasteiger partial charge in [-0.25, -0.2) is 13.8 Å². The number of sulfonamides is 1. The van der Waals surface area contributed by atoms with Crippen LogP contribution >= 0.6 is 39.1 Å². The number of nitrogens with one attached hydrogen (secondary N) is 1. The highest BCUT2D eigenvalue weighted by Gasteiger charge is 2.23. The van der Waals surface area contributed by atoms with Crippen molar-refractivity contribution >= 4 is 67.0 Å². The highest BCUT2D eigenvalue weighted by atomic mass is 79.9. The van der Waals surface area contributed by atoms with Gasteiger partial charge in [0.15, 0.2) is 11.5 Å². The minimum absolute atomic E-state index is 0.186. The van der Waals surface area contributed by atoms with E-state index in [0.29, 0.717) is 37.3 Å². The van der Waals surface area contributed by atoms with Crippen LogP contribution in [0.25, 0.3) is 0 Å². The summed E-state index contributed by atoms with van der Waals surface area (Å²) in [5.74, 6) is 0.285. The summed E-state index contributed by atoms with van der Waals surface area (Å²) in [6.07, 6.45) is 2.47. The van der Waals surface area contributed by atoms with E-state index in [1.54, 1.807) is 56.3 Å². The van der Waals surface area contributed by atoms with E-state index in [9.17, 15) is 13.2 Å². The molecule has 8 nitrogen and oxygen atoms in total. The second-order valence-electron chi connectivity index (χ2n) is 8.36. The minimum Gasteiger partial charge on any atom is -0.493 e. The van der Waals surface area contributed by atoms with Crippen LogP contribution in [0.1, 0.15) is 22.3 Å². The number of hydrazone groups is 1. The number of carbonyl (C=O) groups is 1. The number of hydrogen-bond donors (Lipinski definition) is 1. The Bertz CT molecular complexity index is 1460. The van der Waals surface area contributed by atoms with Crippen molar-refractivity contribution in [3.8, 4) is 11.5 Å². The summed E-state index contributed by atoms with van der Waals surface area (Å²) in [6.45, 7) is 3.35. The van der Waals surface area contributed by atoms with E-state index in [2.05, 4.69) is 26.5 Å². The van der Waals surface area contributed by atoms with Gasteiger partial charge < -0.3 is 9.47 Å². The van der Waals surface area contributed by atoms with Crippen molar-refractivity contribution in [3.63, 3.8) is 0 Å². The molecule has 0 radical (unpaired) electrons. The van der Waals surface area contributed by atoms with Crippen molar-refractivity contribution in [2.45, 2.75) is 20.5 Å². The molecule has 12 heteroatoms. The first kappa shape index (κ1) is 29.8. The van der Waals surface area contributed by atoms with Crippen LogP contribution in [0.5, 0.6) is 11.5 Å². The largest absolute Gasteiger partial charge is 0.493 e. The molecule has 1 N–H and O–H groups in total. The smallest absolute Gasteiger partial charge is 0.260 e. The molecule has 202 valence electrons. The Hall–Kier alpha value is -2.79. The first-order valence-electron chi connectivity index (χ1n) is 11.2. The number of hydrogen-bond acceptors (Lipinski definition) is 6. The Morgan fingerprint density at radius 2 is 1.82 bits per heavy atom. The van der Waals surface area contributed by atoms with Gasteiger partial charge in [0, 0.05) is 15.6 Å². The van der Waals surface area contributed by atoms with E-state index in [1.165, 1.54) is 13.3 Å². The molecule has 38 heavy (non-hydrogen) atoms. The van der Waals surface area contributed by atoms with Gasteiger partial charge in [0.05, 0.1) is 29.7 Å². The Morgan fingerprint density at radius 1 is 1.13 bits per heavy atom. The van der Waals surface area contributed by atoms with Gasteiger partial charge in [-0.05, 0) is 70.7 Å². The quantitative estimate of drug-likeness (QED) is 0.220. The van der Waals surface area contributed by atoms with E-state index >= 15 is 0 Å². The molecule has 0 unspecified atom stereocenters. The fraction of sp³-hybridized carbons (Fsp3) is 0.231. The molecule has 3 rings (SSSR count). The van der Waals surface area contributed by atoms with Crippen LogP contribution in [0.4, 0.5) is 5.69 Å². The number of para-hydroxylation sites is 1. The normalized spacial score (nSPS) is 11.4. The lowest BCUT2D eigenvalue weighted by atomic mass is 10.1. The van der Waals surface area contributed by atoms with Crippen LogP contribution in [-0.4, -0.2) is 40.4 Å². The third-order valence-corrected chi connectivity index (χ3v) is 7.71. The second kappa shape index (κ2) is 12.8. The number of ether oxygens (including phenoxy) is 2. The third kappa shape index (κ3) is 7.63. The maximum absolute atomic E-state index is 12.6. The van der Waals surface area contributed by atoms with Gasteiger partial charge in [0.25, 0.3) is 5.91 Å². The van der Waals surface area contributed by atoms with Crippen molar-refractivity contribution in [1.29, 1.82) is 0 Å². The lowest BCUT2D eigenvalue weighted by Gasteiger charge is -2.25. The van der Waals surface area contributed by atoms with Crippen molar-refractivity contribution in [2.75, 3.05) is 24.2 Å². The van der Waals surface area contributed by atoms with Crippen LogP contribution < -0.4 is 19.2 Å². The van der Waals surface area contributed by atoms with Crippen molar-refractivity contribution in [3.05, 3.63) is 85.3 Å². The summed E-state index contributed by atoms with van der Waals surface area (Å²) >= 11 is 15.7. The molecule has 0 aromatic heterocycles. The van der Waals surface area contributed by atoms with Crippen LogP contribution in [0.3, 0.4) is 0 Å². The number of amides is 1. The second-order valence-corrected chi connectivity index (χ2v) is 12.0. The molecule has 3 aromatic carbocycles. The molecule has 0 fully saturated rings. The zero-order valence-electron chi connectivity index (χ0n) is 21.1. The number of halogens is 3. The number of carbonyl (C=O) groups excluding carboxylic acids is 1. The zero-order chi connectivity index (χ0) is 28.0. The highest BCUT2D eigenvalue weighted by molar-refractivity contribution is 9.10. The molecule has 0 aliphatic rings. The first-order chi connectivity index (χ1) is 17.9. The number of nitrogens with zero attached hydrogens (tertiary/aromatic N) is 2. The van der Waals surface area contributed by atoms with E-state index in [0.717, 1.165) is 27.3 Å². The summed E-state index contributed by atoms with van der Waals surface area (Å²) in [6, 6.07) is 14.0. The Labute approximate surface area is 240 Å². The number of rotatable bonds is 10. The highest BCUT2D eigenvalue weighted by Crippen LogP contribution is 2.37. The predicted molar refractivity (Wildman–Crippen MR) is 155 cm³/mol. The average molecular weight is 643 g/mol. The molecular formula is C26H26BrCl2N3O5S. The first-order valence-corrected chi connectivity index (χ1v) is 14.6. The molecule has 3 aromatic rings. The molecule has 0 heterocycles. The molecule has 0 saturated carbocycles. The van der Waals surface area contributed by atoms with Crippen molar-refractivity contribution in [2.24, 2.45) is 5.10 Å². The molecule has 0 atom stereocenters. The van der Waals surface area contributed by atoms with Gasteiger partial charge >= 0.3 is 0 Å². The van der Waals surface area contributed by atoms with E-state index in [-0.39, 0.29) is 6.61 Å². The number of benzene rings is 3. The fourth-order valence-corrected chi connectivity index (χ4v) is 5.66. The van der Waals surface area contributed by atoms with Crippen LogP contribution in [0, 0.1) is 13.8 Å². The standard InChI is InChI=1S/C26H26BrCl2N3O5S/c1-16-6-5-7-17(2)25(16)32(38(4,34)35)14-24(33)31-30-13-18-10-21(27)26(23(11-18)36-3)37-15-19-8-9-20(28)12-22(19)29/h5-13H,14-15H2,1-4H3,(H,31,33)/b30-13-. The lowest BCUT2D eigenvalue weighted by Crippen LogP contribution is -2.39. The summed E-state index contributed by atoms with van der Waals surface area (Å²) in [4.78, 5) is 12.6. The Balaban J connectivity index is 1.72. The molecule has 0 aliphatic heterocycles. The zero-order valence-corrected chi connectivity index (χ0v) is 25.0. The summed E-state index contributed by atoms with van der Waals surface area (Å²) in [5, 5.41) is 5.00. The van der Waals surface area contributed by atoms with Gasteiger partial charge in [-0.15, -0.1) is 0 Å². The van der Waals surface area contributed by atoms with E-state index in [4.69, 9.17) is 32.7 Å². The van der Waals surface area contributed by atoms with Crippen LogP contribution in [-0.2, 0) is 21.4 Å². The summed E-state index contributed by atoms with van der Waals surface area (Å²) < 4.78 is 37.9. The third-order valence-electron chi connectivity index (χ3n) is 5.42. The minimum atomic E-state index is -3.72. The van der Waals surface area contributed by atoms with Gasteiger partial charge in [-0.1, -0.05) is 47.5 Å². The molecular weight excluding hydrogens is 617 g/mol. The molecule has 0 spiro atoms. The number of methoxy groups -OCH3 is 1. The average Bonchev–Trinajstić information content (AvgIpc) is 2.82. The van der Waals surface area contributed by atoms with E-state index in [1.807, 2.05) is 6.07 Å². The van der Waals surface area contributed by atoms with E-state index < -0.39 is 22.5 Å². The Kier molecular flexibility index (Phi) is 10.1. The SMILES string of the molecule is COc1cc(/C=N\NC(=O)CN(c2c(C)cccc2C)S(C)(=O)=O)cc(Br)c1OCc1ccc(Cl)cc1Cl. The number of aryl methyl sites for hydroxylation is 2. The van der Waals surface area contributed by atoms with Crippen molar-refractivity contribution < 1.29 is 22.7 Å². The van der Waals surface area contributed by atoms with Gasteiger partial charge in [0.1, 0.15) is 13.2 Å². The lowest BCUT2D eigenvalue weighted by molar-refractivity contribution is -0.119. The fourth-order valence-electron chi connectivity index (χ4n) is 3.65. The number of anilines is 1. The summed E-state index contributed by atoms with van der Waals surface area (Å²) in [7, 11) is -2.22. The monoisotopic (exact) mass is 641 g/mol. The molecule has 0 saturated heterocycles. The van der Waals surface area contributed by atoms with Crippen molar-refractivity contribution in [1.82, 2.24) is 5.43 Å². The van der Waals surface area contributed by atoms with Gasteiger partial charge in [-0.3, -0.25) is 9.10 Å². The van der Waals surface area contributed by atoms with Gasteiger partial charge in [0.2, 0.25) is 10.0 Å². The van der Waals surface area contributed by atoms with Crippen LogP contribution in [0.15, 0.2) is 58.1 Å². The van der Waals surface area contributed by atoms with Gasteiger partial charge in [-0.2, -0.15) is 5.10 Å². The molecule has 0 bridgehead atoms. The maximum atomic E-state index is 12.6. The Morgan fingerprint density at radius 3 is 2.42 bits per heavy atom. The maximum Gasteiger partial charge on any atom is 0.260 e. The summed E-state index contributed by atoms with van der Waals surface area (Å²) in [5.41, 5.74) is 5.68. The molecule has 1 amide bonds. The predicted octanol–water partition coefficient (Wildman–Crippen LogP) is 5.88. The topological polar surface area (TPSA) is 97.3 Å².